The van der Waals surface area contributed by atoms with E-state index in [2.05, 4.69) is 4.90 Å². The first-order valence-electron chi connectivity index (χ1n) is 7.18. The van der Waals surface area contributed by atoms with Gasteiger partial charge in [0.25, 0.3) is 0 Å². The van der Waals surface area contributed by atoms with Gasteiger partial charge in [-0.05, 0) is 43.4 Å². The molecule has 0 saturated carbocycles. The summed E-state index contributed by atoms with van der Waals surface area (Å²) in [6.45, 7) is 5.93. The van der Waals surface area contributed by atoms with E-state index >= 15 is 0 Å². The monoisotopic (exact) mass is 293 g/mol. The molecule has 0 unspecified atom stereocenters. The van der Waals surface area contributed by atoms with Crippen molar-refractivity contribution in [3.05, 3.63) is 28.8 Å². The van der Waals surface area contributed by atoms with Crippen LogP contribution in [0, 0.1) is 13.8 Å². The van der Waals surface area contributed by atoms with E-state index in [0.717, 1.165) is 23.2 Å². The summed E-state index contributed by atoms with van der Waals surface area (Å²) in [6, 6.07) is 3.97. The van der Waals surface area contributed by atoms with Crippen molar-refractivity contribution >= 4 is 5.97 Å². The van der Waals surface area contributed by atoms with Crippen molar-refractivity contribution in [2.75, 3.05) is 20.2 Å². The van der Waals surface area contributed by atoms with Gasteiger partial charge in [-0.25, -0.2) is 4.79 Å². The lowest BCUT2D eigenvalue weighted by atomic mass is 9.91. The van der Waals surface area contributed by atoms with Crippen LogP contribution in [-0.4, -0.2) is 46.9 Å². The lowest BCUT2D eigenvalue weighted by molar-refractivity contribution is -0.168. The number of aliphatic carboxylic acids is 1. The van der Waals surface area contributed by atoms with E-state index in [4.69, 9.17) is 4.74 Å². The Balaban J connectivity index is 2.02. The molecule has 0 atom stereocenters. The third kappa shape index (κ3) is 3.19. The molecule has 0 aromatic heterocycles. The van der Waals surface area contributed by atoms with Crippen molar-refractivity contribution in [3.8, 4) is 5.75 Å². The number of hydrogen-bond donors (Lipinski definition) is 2. The normalized spacial score (nSPS) is 18.6. The van der Waals surface area contributed by atoms with Crippen molar-refractivity contribution in [1.29, 1.82) is 0 Å². The molecule has 0 amide bonds. The number of hydrogen-bond acceptors (Lipinski definition) is 4. The zero-order chi connectivity index (χ0) is 15.6. The Hall–Kier alpha value is -1.59. The number of carbonyl (C=O) groups is 1. The van der Waals surface area contributed by atoms with Gasteiger partial charge < -0.3 is 14.9 Å². The smallest absolute Gasteiger partial charge is 0.336 e. The molecule has 1 saturated heterocycles. The molecular weight excluding hydrogens is 270 g/mol. The summed E-state index contributed by atoms with van der Waals surface area (Å²) < 4.78 is 5.23. The van der Waals surface area contributed by atoms with E-state index in [1.54, 1.807) is 0 Å². The van der Waals surface area contributed by atoms with Gasteiger partial charge in [0, 0.05) is 26.7 Å². The maximum Gasteiger partial charge on any atom is 0.336 e. The largest absolute Gasteiger partial charge is 0.507 e. The second-order valence-corrected chi connectivity index (χ2v) is 5.86. The molecule has 1 aliphatic heterocycles. The fourth-order valence-corrected chi connectivity index (χ4v) is 2.97. The zero-order valence-corrected chi connectivity index (χ0v) is 12.8. The number of nitrogens with zero attached hydrogens (tertiary/aromatic N) is 1. The third-order valence-electron chi connectivity index (χ3n) is 4.40. The Labute approximate surface area is 125 Å². The average molecular weight is 293 g/mol. The summed E-state index contributed by atoms with van der Waals surface area (Å²) >= 11 is 0. The first-order valence-corrected chi connectivity index (χ1v) is 7.18. The molecule has 0 radical (unpaired) electrons. The highest BCUT2D eigenvalue weighted by Crippen LogP contribution is 2.28. The fraction of sp³-hybridized carbons (Fsp3) is 0.562. The minimum Gasteiger partial charge on any atom is -0.507 e. The van der Waals surface area contributed by atoms with E-state index in [1.807, 2.05) is 26.0 Å². The molecule has 5 heteroatoms. The van der Waals surface area contributed by atoms with Crippen LogP contribution in [0.2, 0.25) is 0 Å². The lowest BCUT2D eigenvalue weighted by Crippen LogP contribution is -2.50. The molecule has 1 aromatic carbocycles. The first kappa shape index (κ1) is 15.8. The van der Waals surface area contributed by atoms with Crippen LogP contribution in [0.25, 0.3) is 0 Å². The van der Waals surface area contributed by atoms with Crippen LogP contribution in [0.5, 0.6) is 5.75 Å². The molecule has 21 heavy (non-hydrogen) atoms. The number of phenolic OH excluding ortho intramolecular Hbond substituents is 1. The molecule has 1 aromatic rings. The van der Waals surface area contributed by atoms with Gasteiger partial charge in [-0.1, -0.05) is 12.1 Å². The van der Waals surface area contributed by atoms with Gasteiger partial charge in [0.15, 0.2) is 5.60 Å². The predicted molar refractivity (Wildman–Crippen MR) is 79.5 cm³/mol. The van der Waals surface area contributed by atoms with Crippen LogP contribution in [0.3, 0.4) is 0 Å². The number of methoxy groups -OCH3 is 1. The van der Waals surface area contributed by atoms with Crippen molar-refractivity contribution in [2.45, 2.75) is 38.8 Å². The molecule has 2 N–H and O–H groups in total. The van der Waals surface area contributed by atoms with Gasteiger partial charge in [-0.3, -0.25) is 4.90 Å². The Kier molecular flexibility index (Phi) is 4.54. The summed E-state index contributed by atoms with van der Waals surface area (Å²) in [5.74, 6) is -0.525. The predicted octanol–water partition coefficient (Wildman–Crippen LogP) is 2.07. The number of aryl methyl sites for hydroxylation is 2. The quantitative estimate of drug-likeness (QED) is 0.889. The van der Waals surface area contributed by atoms with Crippen LogP contribution in [0.1, 0.15) is 29.5 Å². The Morgan fingerprint density at radius 1 is 1.29 bits per heavy atom. The number of ether oxygens (including phenoxy) is 1. The van der Waals surface area contributed by atoms with Crippen molar-refractivity contribution < 1.29 is 19.7 Å². The minimum absolute atomic E-state index is 0.349. The first-order chi connectivity index (χ1) is 9.88. The molecule has 116 valence electrons. The van der Waals surface area contributed by atoms with Crippen LogP contribution >= 0.6 is 0 Å². The van der Waals surface area contributed by atoms with Crippen LogP contribution in [0.4, 0.5) is 0 Å². The van der Waals surface area contributed by atoms with Gasteiger partial charge >= 0.3 is 5.97 Å². The number of rotatable bonds is 4. The molecule has 0 spiro atoms. The zero-order valence-electron chi connectivity index (χ0n) is 12.8. The Bertz CT molecular complexity index is 510. The van der Waals surface area contributed by atoms with Crippen molar-refractivity contribution in [3.63, 3.8) is 0 Å². The van der Waals surface area contributed by atoms with Crippen molar-refractivity contribution in [1.82, 2.24) is 4.90 Å². The molecule has 0 bridgehead atoms. The summed E-state index contributed by atoms with van der Waals surface area (Å²) in [4.78, 5) is 13.6. The van der Waals surface area contributed by atoms with Gasteiger partial charge in [0.05, 0.1) is 0 Å². The summed E-state index contributed by atoms with van der Waals surface area (Å²) in [5, 5.41) is 19.1. The number of benzene rings is 1. The standard InChI is InChI=1S/C16H23NO4/c1-11-8-13(9-12(2)14(11)18)10-17-6-4-16(21-3,5-7-17)15(19)20/h8-9,18H,4-7,10H2,1-3H3,(H,19,20). The number of phenols is 1. The molecule has 5 nitrogen and oxygen atoms in total. The molecule has 2 rings (SSSR count). The number of likely N-dealkylation sites (tertiary alicyclic amines) is 1. The van der Waals surface area contributed by atoms with Crippen molar-refractivity contribution in [2.24, 2.45) is 0 Å². The second kappa shape index (κ2) is 6.03. The lowest BCUT2D eigenvalue weighted by Gasteiger charge is -2.37. The Morgan fingerprint density at radius 3 is 2.24 bits per heavy atom. The van der Waals surface area contributed by atoms with Gasteiger partial charge in [-0.15, -0.1) is 0 Å². The van der Waals surface area contributed by atoms with Crippen LogP contribution < -0.4 is 0 Å². The number of piperidine rings is 1. The molecule has 1 aliphatic rings. The third-order valence-corrected chi connectivity index (χ3v) is 4.40. The fourth-order valence-electron chi connectivity index (χ4n) is 2.97. The van der Waals surface area contributed by atoms with E-state index < -0.39 is 11.6 Å². The van der Waals surface area contributed by atoms with E-state index in [-0.39, 0.29) is 0 Å². The van der Waals surface area contributed by atoms with Gasteiger partial charge in [0.2, 0.25) is 0 Å². The molecular formula is C16H23NO4. The summed E-state index contributed by atoms with van der Waals surface area (Å²) in [7, 11) is 1.47. The highest BCUT2D eigenvalue weighted by atomic mass is 16.5. The number of carboxylic acids is 1. The minimum atomic E-state index is -1.03. The molecule has 1 heterocycles. The highest BCUT2D eigenvalue weighted by molar-refractivity contribution is 5.77. The van der Waals surface area contributed by atoms with Gasteiger partial charge in [-0.2, -0.15) is 0 Å². The van der Waals surface area contributed by atoms with Crippen LogP contribution in [0.15, 0.2) is 12.1 Å². The number of aromatic hydroxyl groups is 1. The highest BCUT2D eigenvalue weighted by Gasteiger charge is 2.41. The van der Waals surface area contributed by atoms with Gasteiger partial charge in [0.1, 0.15) is 5.75 Å². The van der Waals surface area contributed by atoms with E-state index in [1.165, 1.54) is 7.11 Å². The summed E-state index contributed by atoms with van der Waals surface area (Å²) in [5.41, 5.74) is 1.86. The van der Waals surface area contributed by atoms with Crippen LogP contribution in [-0.2, 0) is 16.1 Å². The maximum atomic E-state index is 11.3. The molecule has 1 fully saturated rings. The Morgan fingerprint density at radius 2 is 1.81 bits per heavy atom. The SMILES string of the molecule is COC1(C(=O)O)CCN(Cc2cc(C)c(O)c(C)c2)CC1. The molecule has 0 aliphatic carbocycles. The number of carboxylic acid groups (broad SMARTS) is 1. The summed E-state index contributed by atoms with van der Waals surface area (Å²) in [6.07, 6.45) is 0.990. The maximum absolute atomic E-state index is 11.3. The second-order valence-electron chi connectivity index (χ2n) is 5.86. The van der Waals surface area contributed by atoms with E-state index in [0.29, 0.717) is 31.7 Å². The van der Waals surface area contributed by atoms with E-state index in [9.17, 15) is 15.0 Å². The topological polar surface area (TPSA) is 70.0 Å². The average Bonchev–Trinajstić information content (AvgIpc) is 2.45.